The van der Waals surface area contributed by atoms with Gasteiger partial charge in [-0.3, -0.25) is 0 Å². The molecule has 0 aromatic heterocycles. The fourth-order valence-corrected chi connectivity index (χ4v) is 3.10. The fraction of sp³-hybridized carbons (Fsp3) is 0.600. The second kappa shape index (κ2) is 8.13. The van der Waals surface area contributed by atoms with E-state index >= 15 is 0 Å². The summed E-state index contributed by atoms with van der Waals surface area (Å²) in [4.78, 5) is 0.213. The van der Waals surface area contributed by atoms with E-state index in [0.717, 1.165) is 12.0 Å². The van der Waals surface area contributed by atoms with E-state index in [0.29, 0.717) is 30.1 Å². The third kappa shape index (κ3) is 6.34. The molecule has 0 fully saturated rings. The lowest BCUT2D eigenvalue weighted by molar-refractivity contribution is 0.551. The molecule has 0 bridgehead atoms. The van der Waals surface area contributed by atoms with Crippen LogP contribution in [0, 0.1) is 5.92 Å². The van der Waals surface area contributed by atoms with Crippen LogP contribution in [0.3, 0.4) is 0 Å². The first kappa shape index (κ1) is 18.4. The van der Waals surface area contributed by atoms with Gasteiger partial charge in [0.2, 0.25) is 10.0 Å². The summed E-state index contributed by atoms with van der Waals surface area (Å²) in [5.74, 6) is 0.459. The van der Waals surface area contributed by atoms with E-state index in [4.69, 9.17) is 11.6 Å². The van der Waals surface area contributed by atoms with Crippen LogP contribution in [0.2, 0.25) is 5.02 Å². The molecule has 0 atom stereocenters. The molecule has 0 aliphatic heterocycles. The van der Waals surface area contributed by atoms with Crippen molar-refractivity contribution in [1.29, 1.82) is 0 Å². The normalized spacial score (nSPS) is 12.3. The van der Waals surface area contributed by atoms with E-state index in [-0.39, 0.29) is 4.90 Å². The second-order valence-electron chi connectivity index (χ2n) is 5.87. The van der Waals surface area contributed by atoms with Crippen LogP contribution < -0.4 is 10.0 Å². The standard InChI is InChI=1S/C15H25ClN2O2S/c1-11(2)7-8-18-21(19,20)14-6-5-13(15(16)9-14)10-17-12(3)4/h5-6,9,11-12,17-18H,7-8,10H2,1-4H3. The van der Waals surface area contributed by atoms with E-state index in [9.17, 15) is 8.42 Å². The number of halogens is 1. The Bertz CT molecular complexity index is 557. The molecular weight excluding hydrogens is 308 g/mol. The molecule has 4 nitrogen and oxygen atoms in total. The Morgan fingerprint density at radius 2 is 1.86 bits per heavy atom. The molecule has 0 saturated heterocycles. The minimum absolute atomic E-state index is 0.213. The Balaban J connectivity index is 2.77. The van der Waals surface area contributed by atoms with Crippen LogP contribution in [0.15, 0.2) is 23.1 Å². The molecule has 1 aromatic rings. The number of nitrogens with one attached hydrogen (secondary N) is 2. The maximum atomic E-state index is 12.2. The molecule has 0 unspecified atom stereocenters. The molecule has 0 saturated carbocycles. The zero-order chi connectivity index (χ0) is 16.0. The van der Waals surface area contributed by atoms with Gasteiger partial charge in [-0.1, -0.05) is 45.4 Å². The van der Waals surface area contributed by atoms with Gasteiger partial charge in [0.15, 0.2) is 0 Å². The van der Waals surface area contributed by atoms with E-state index in [1.165, 1.54) is 6.07 Å². The van der Waals surface area contributed by atoms with Gasteiger partial charge in [-0.25, -0.2) is 13.1 Å². The van der Waals surface area contributed by atoms with E-state index in [1.807, 2.05) is 13.8 Å². The van der Waals surface area contributed by atoms with Crippen molar-refractivity contribution in [3.8, 4) is 0 Å². The molecular formula is C15H25ClN2O2S. The van der Waals surface area contributed by atoms with Crippen molar-refractivity contribution < 1.29 is 8.42 Å². The molecule has 0 spiro atoms. The number of hydrogen-bond acceptors (Lipinski definition) is 3. The van der Waals surface area contributed by atoms with Gasteiger partial charge < -0.3 is 5.32 Å². The van der Waals surface area contributed by atoms with Crippen LogP contribution in [0.4, 0.5) is 0 Å². The summed E-state index contributed by atoms with van der Waals surface area (Å²) in [6.45, 7) is 9.27. The fourth-order valence-electron chi connectivity index (χ4n) is 1.72. The third-order valence-electron chi connectivity index (χ3n) is 3.05. The number of benzene rings is 1. The van der Waals surface area contributed by atoms with Crippen molar-refractivity contribution in [2.45, 2.75) is 51.6 Å². The molecule has 2 N–H and O–H groups in total. The summed E-state index contributed by atoms with van der Waals surface area (Å²) in [5.41, 5.74) is 0.895. The highest BCUT2D eigenvalue weighted by atomic mass is 35.5. The maximum Gasteiger partial charge on any atom is 0.240 e. The lowest BCUT2D eigenvalue weighted by Crippen LogP contribution is -2.26. The Labute approximate surface area is 133 Å². The van der Waals surface area contributed by atoms with Crippen LogP contribution in [-0.4, -0.2) is 21.0 Å². The molecule has 1 rings (SSSR count). The zero-order valence-electron chi connectivity index (χ0n) is 13.1. The molecule has 0 aliphatic carbocycles. The maximum absolute atomic E-state index is 12.2. The second-order valence-corrected chi connectivity index (χ2v) is 8.04. The van der Waals surface area contributed by atoms with Gasteiger partial charge in [0.05, 0.1) is 4.90 Å². The highest BCUT2D eigenvalue weighted by Crippen LogP contribution is 2.21. The average molecular weight is 333 g/mol. The Morgan fingerprint density at radius 1 is 1.19 bits per heavy atom. The van der Waals surface area contributed by atoms with Gasteiger partial charge in [-0.05, 0) is 30.0 Å². The molecule has 0 radical (unpaired) electrons. The zero-order valence-corrected chi connectivity index (χ0v) is 14.7. The van der Waals surface area contributed by atoms with Crippen LogP contribution in [0.25, 0.3) is 0 Å². The Hall–Kier alpha value is -0.620. The van der Waals surface area contributed by atoms with Gasteiger partial charge in [0, 0.05) is 24.2 Å². The Kier molecular flexibility index (Phi) is 7.13. The minimum Gasteiger partial charge on any atom is -0.310 e. The molecule has 0 heterocycles. The summed E-state index contributed by atoms with van der Waals surface area (Å²) in [6.07, 6.45) is 0.809. The summed E-state index contributed by atoms with van der Waals surface area (Å²) < 4.78 is 26.9. The SMILES string of the molecule is CC(C)CCNS(=O)(=O)c1ccc(CNC(C)C)c(Cl)c1. The number of hydrogen-bond donors (Lipinski definition) is 2. The number of rotatable bonds is 8. The van der Waals surface area contributed by atoms with Crippen molar-refractivity contribution in [2.24, 2.45) is 5.92 Å². The van der Waals surface area contributed by atoms with E-state index in [1.54, 1.807) is 12.1 Å². The summed E-state index contributed by atoms with van der Waals surface area (Å²) in [6, 6.07) is 5.22. The van der Waals surface area contributed by atoms with Crippen LogP contribution in [0.5, 0.6) is 0 Å². The molecule has 120 valence electrons. The van der Waals surface area contributed by atoms with Crippen molar-refractivity contribution in [1.82, 2.24) is 10.0 Å². The van der Waals surface area contributed by atoms with Crippen LogP contribution in [0.1, 0.15) is 39.7 Å². The molecule has 0 amide bonds. The number of sulfonamides is 1. The van der Waals surface area contributed by atoms with Crippen LogP contribution >= 0.6 is 11.6 Å². The predicted molar refractivity (Wildman–Crippen MR) is 88.1 cm³/mol. The van der Waals surface area contributed by atoms with Crippen molar-refractivity contribution in [3.63, 3.8) is 0 Å². The highest BCUT2D eigenvalue weighted by Gasteiger charge is 2.15. The average Bonchev–Trinajstić information content (AvgIpc) is 2.36. The Morgan fingerprint density at radius 3 is 2.38 bits per heavy atom. The lowest BCUT2D eigenvalue weighted by atomic mass is 10.1. The topological polar surface area (TPSA) is 58.2 Å². The lowest BCUT2D eigenvalue weighted by Gasteiger charge is -2.12. The minimum atomic E-state index is -3.48. The third-order valence-corrected chi connectivity index (χ3v) is 4.86. The first-order valence-corrected chi connectivity index (χ1v) is 9.10. The van der Waals surface area contributed by atoms with Gasteiger partial charge >= 0.3 is 0 Å². The quantitative estimate of drug-likeness (QED) is 0.768. The van der Waals surface area contributed by atoms with Crippen molar-refractivity contribution in [3.05, 3.63) is 28.8 Å². The first-order valence-electron chi connectivity index (χ1n) is 7.24. The van der Waals surface area contributed by atoms with Crippen LogP contribution in [-0.2, 0) is 16.6 Å². The van der Waals surface area contributed by atoms with Gasteiger partial charge in [-0.15, -0.1) is 0 Å². The van der Waals surface area contributed by atoms with E-state index < -0.39 is 10.0 Å². The molecule has 1 aromatic carbocycles. The van der Waals surface area contributed by atoms with Gasteiger partial charge in [-0.2, -0.15) is 0 Å². The largest absolute Gasteiger partial charge is 0.310 e. The van der Waals surface area contributed by atoms with E-state index in [2.05, 4.69) is 23.9 Å². The molecule has 6 heteroatoms. The highest BCUT2D eigenvalue weighted by molar-refractivity contribution is 7.89. The first-order chi connectivity index (χ1) is 9.72. The monoisotopic (exact) mass is 332 g/mol. The summed E-state index contributed by atoms with van der Waals surface area (Å²) >= 11 is 6.17. The smallest absolute Gasteiger partial charge is 0.240 e. The summed E-state index contributed by atoms with van der Waals surface area (Å²) in [7, 11) is -3.48. The molecule has 21 heavy (non-hydrogen) atoms. The van der Waals surface area contributed by atoms with Crippen molar-refractivity contribution in [2.75, 3.05) is 6.54 Å². The molecule has 0 aliphatic rings. The van der Waals surface area contributed by atoms with Crippen molar-refractivity contribution >= 4 is 21.6 Å². The van der Waals surface area contributed by atoms with Gasteiger partial charge in [0.1, 0.15) is 0 Å². The summed E-state index contributed by atoms with van der Waals surface area (Å²) in [5, 5.41) is 3.73. The van der Waals surface area contributed by atoms with Gasteiger partial charge in [0.25, 0.3) is 0 Å². The predicted octanol–water partition coefficient (Wildman–Crippen LogP) is 3.16.